The number of benzene rings is 1. The van der Waals surface area contributed by atoms with Crippen molar-refractivity contribution >= 4 is 17.6 Å². The van der Waals surface area contributed by atoms with Gasteiger partial charge in [-0.1, -0.05) is 11.6 Å². The first kappa shape index (κ1) is 11.3. The van der Waals surface area contributed by atoms with Gasteiger partial charge in [-0.2, -0.15) is 0 Å². The van der Waals surface area contributed by atoms with Crippen LogP contribution in [-0.2, 0) is 4.74 Å². The zero-order valence-electron chi connectivity index (χ0n) is 9.03. The van der Waals surface area contributed by atoms with Crippen LogP contribution in [0, 0.1) is 5.92 Å². The Labute approximate surface area is 99.3 Å². The van der Waals surface area contributed by atoms with E-state index in [1.54, 1.807) is 18.2 Å². The van der Waals surface area contributed by atoms with Gasteiger partial charge in [-0.3, -0.25) is 0 Å². The smallest absolute Gasteiger partial charge is 0.341 e. The highest BCUT2D eigenvalue weighted by atomic mass is 35.5. The minimum absolute atomic E-state index is 0.347. The Hall–Kier alpha value is -1.22. The Bertz CT molecular complexity index is 399. The lowest BCUT2D eigenvalue weighted by atomic mass is 10.2. The van der Waals surface area contributed by atoms with Gasteiger partial charge in [0, 0.05) is 5.02 Å². The molecular weight excluding hydrogens is 228 g/mol. The van der Waals surface area contributed by atoms with Crippen molar-refractivity contribution in [3.63, 3.8) is 0 Å². The van der Waals surface area contributed by atoms with Gasteiger partial charge in [-0.05, 0) is 37.0 Å². The molecule has 0 unspecified atom stereocenters. The van der Waals surface area contributed by atoms with Gasteiger partial charge >= 0.3 is 5.97 Å². The summed E-state index contributed by atoms with van der Waals surface area (Å²) < 4.78 is 10.3. The van der Waals surface area contributed by atoms with Crippen molar-refractivity contribution in [2.75, 3.05) is 13.7 Å². The van der Waals surface area contributed by atoms with E-state index < -0.39 is 0 Å². The first-order valence-electron chi connectivity index (χ1n) is 5.21. The maximum absolute atomic E-state index is 11.7. The molecule has 1 aliphatic carbocycles. The lowest BCUT2D eigenvalue weighted by Gasteiger charge is -2.08. The van der Waals surface area contributed by atoms with E-state index in [1.807, 2.05) is 0 Å². The third-order valence-electron chi connectivity index (χ3n) is 2.53. The topological polar surface area (TPSA) is 35.5 Å². The molecule has 86 valence electrons. The first-order chi connectivity index (χ1) is 7.70. The summed E-state index contributed by atoms with van der Waals surface area (Å²) in [5.41, 5.74) is 0.424. The summed E-state index contributed by atoms with van der Waals surface area (Å²) in [6, 6.07) is 4.88. The Kier molecular flexibility index (Phi) is 3.34. The van der Waals surface area contributed by atoms with Crippen LogP contribution in [0.15, 0.2) is 18.2 Å². The minimum atomic E-state index is -0.347. The molecule has 3 nitrogen and oxygen atoms in total. The average Bonchev–Trinajstić information content (AvgIpc) is 3.09. The first-order valence-corrected chi connectivity index (χ1v) is 5.59. The van der Waals surface area contributed by atoms with Crippen LogP contribution in [0.25, 0.3) is 0 Å². The Morgan fingerprint density at radius 1 is 1.50 bits per heavy atom. The Morgan fingerprint density at radius 2 is 2.25 bits per heavy atom. The largest absolute Gasteiger partial charge is 0.496 e. The van der Waals surface area contributed by atoms with E-state index in [0.717, 1.165) is 12.8 Å². The Balaban J connectivity index is 2.08. The fourth-order valence-electron chi connectivity index (χ4n) is 1.39. The zero-order valence-corrected chi connectivity index (χ0v) is 9.79. The monoisotopic (exact) mass is 240 g/mol. The average molecular weight is 241 g/mol. The molecule has 16 heavy (non-hydrogen) atoms. The number of esters is 1. The zero-order chi connectivity index (χ0) is 11.5. The molecule has 2 rings (SSSR count). The molecular formula is C12H13ClO3. The maximum atomic E-state index is 11.7. The van der Waals surface area contributed by atoms with E-state index in [-0.39, 0.29) is 5.97 Å². The third-order valence-corrected chi connectivity index (χ3v) is 2.77. The van der Waals surface area contributed by atoms with Crippen molar-refractivity contribution in [2.45, 2.75) is 12.8 Å². The van der Waals surface area contributed by atoms with E-state index in [4.69, 9.17) is 21.1 Å². The minimum Gasteiger partial charge on any atom is -0.496 e. The molecule has 0 saturated heterocycles. The number of methoxy groups -OCH3 is 1. The molecule has 0 aliphatic heterocycles. The normalized spacial score (nSPS) is 14.6. The molecule has 0 radical (unpaired) electrons. The Morgan fingerprint density at radius 3 is 2.88 bits per heavy atom. The van der Waals surface area contributed by atoms with Crippen LogP contribution in [0.4, 0.5) is 0 Å². The van der Waals surface area contributed by atoms with E-state index in [0.29, 0.717) is 28.9 Å². The van der Waals surface area contributed by atoms with Crippen LogP contribution in [0.1, 0.15) is 23.2 Å². The van der Waals surface area contributed by atoms with Crippen LogP contribution >= 0.6 is 11.6 Å². The van der Waals surface area contributed by atoms with Crippen molar-refractivity contribution in [3.8, 4) is 5.75 Å². The highest BCUT2D eigenvalue weighted by Gasteiger charge is 2.24. The SMILES string of the molecule is COc1cc(Cl)ccc1C(=O)OCC1CC1. The highest BCUT2D eigenvalue weighted by molar-refractivity contribution is 6.30. The number of hydrogen-bond acceptors (Lipinski definition) is 3. The van der Waals surface area contributed by atoms with Crippen LogP contribution in [0.5, 0.6) is 5.75 Å². The number of carbonyl (C=O) groups excluding carboxylic acids is 1. The predicted molar refractivity (Wildman–Crippen MR) is 61.0 cm³/mol. The van der Waals surface area contributed by atoms with Crippen molar-refractivity contribution < 1.29 is 14.3 Å². The van der Waals surface area contributed by atoms with E-state index >= 15 is 0 Å². The second kappa shape index (κ2) is 4.74. The van der Waals surface area contributed by atoms with Gasteiger partial charge in [0.1, 0.15) is 11.3 Å². The second-order valence-electron chi connectivity index (χ2n) is 3.89. The summed E-state index contributed by atoms with van der Waals surface area (Å²) in [5.74, 6) is 0.663. The molecule has 4 heteroatoms. The standard InChI is InChI=1S/C12H13ClO3/c1-15-11-6-9(13)4-5-10(11)12(14)16-7-8-2-3-8/h4-6,8H,2-3,7H2,1H3. The van der Waals surface area contributed by atoms with Crippen LogP contribution in [0.2, 0.25) is 5.02 Å². The fourth-order valence-corrected chi connectivity index (χ4v) is 1.55. The summed E-state index contributed by atoms with van der Waals surface area (Å²) in [5, 5.41) is 0.538. The van der Waals surface area contributed by atoms with E-state index in [1.165, 1.54) is 7.11 Å². The van der Waals surface area contributed by atoms with Crippen molar-refractivity contribution in [2.24, 2.45) is 5.92 Å². The van der Waals surface area contributed by atoms with Gasteiger partial charge < -0.3 is 9.47 Å². The maximum Gasteiger partial charge on any atom is 0.341 e. The fraction of sp³-hybridized carbons (Fsp3) is 0.417. The summed E-state index contributed by atoms with van der Waals surface area (Å²) in [6.45, 7) is 0.505. The molecule has 0 bridgehead atoms. The molecule has 1 aromatic rings. The predicted octanol–water partition coefficient (Wildman–Crippen LogP) is 2.92. The molecule has 0 amide bonds. The van der Waals surface area contributed by atoms with Gasteiger partial charge in [0.25, 0.3) is 0 Å². The number of carbonyl (C=O) groups is 1. The van der Waals surface area contributed by atoms with E-state index in [9.17, 15) is 4.79 Å². The van der Waals surface area contributed by atoms with Crippen molar-refractivity contribution in [1.82, 2.24) is 0 Å². The van der Waals surface area contributed by atoms with Gasteiger partial charge in [0.2, 0.25) is 0 Å². The summed E-state index contributed by atoms with van der Waals surface area (Å²) >= 11 is 5.81. The molecule has 1 aliphatic rings. The van der Waals surface area contributed by atoms with Crippen LogP contribution in [0.3, 0.4) is 0 Å². The van der Waals surface area contributed by atoms with Gasteiger partial charge in [-0.25, -0.2) is 4.79 Å². The quantitative estimate of drug-likeness (QED) is 0.759. The van der Waals surface area contributed by atoms with Crippen molar-refractivity contribution in [3.05, 3.63) is 28.8 Å². The molecule has 0 aromatic heterocycles. The number of halogens is 1. The number of rotatable bonds is 4. The van der Waals surface area contributed by atoms with Gasteiger partial charge in [-0.15, -0.1) is 0 Å². The molecule has 1 aromatic carbocycles. The van der Waals surface area contributed by atoms with Gasteiger partial charge in [0.15, 0.2) is 0 Å². The summed E-state index contributed by atoms with van der Waals surface area (Å²) in [7, 11) is 1.50. The lowest BCUT2D eigenvalue weighted by molar-refractivity contribution is 0.0482. The number of hydrogen-bond donors (Lipinski definition) is 0. The van der Waals surface area contributed by atoms with Crippen LogP contribution in [-0.4, -0.2) is 19.7 Å². The second-order valence-corrected chi connectivity index (χ2v) is 4.32. The molecule has 0 N–H and O–H groups in total. The molecule has 1 fully saturated rings. The van der Waals surface area contributed by atoms with Gasteiger partial charge in [0.05, 0.1) is 13.7 Å². The van der Waals surface area contributed by atoms with Crippen molar-refractivity contribution in [1.29, 1.82) is 0 Å². The molecule has 0 spiro atoms. The summed E-state index contributed by atoms with van der Waals surface area (Å²) in [6.07, 6.45) is 2.32. The number of ether oxygens (including phenoxy) is 2. The van der Waals surface area contributed by atoms with Crippen LogP contribution < -0.4 is 4.74 Å². The third kappa shape index (κ3) is 2.67. The molecule has 1 saturated carbocycles. The lowest BCUT2D eigenvalue weighted by Crippen LogP contribution is -2.09. The molecule has 0 heterocycles. The molecule has 0 atom stereocenters. The summed E-state index contributed by atoms with van der Waals surface area (Å²) in [4.78, 5) is 11.7. The highest BCUT2D eigenvalue weighted by Crippen LogP contribution is 2.30. The van der Waals surface area contributed by atoms with E-state index in [2.05, 4.69) is 0 Å².